The van der Waals surface area contributed by atoms with Gasteiger partial charge in [0.1, 0.15) is 12.4 Å². The lowest BCUT2D eigenvalue weighted by atomic mass is 10.1. The average Bonchev–Trinajstić information content (AvgIpc) is 3.18. The third kappa shape index (κ3) is 3.22. The maximum absolute atomic E-state index is 10.7. The summed E-state index contributed by atoms with van der Waals surface area (Å²) in [6.45, 7) is 0.723. The number of hydrogen-bond donors (Lipinski definition) is 1. The van der Waals surface area contributed by atoms with Gasteiger partial charge in [-0.25, -0.2) is 0 Å². The van der Waals surface area contributed by atoms with Gasteiger partial charge in [0.05, 0.1) is 4.92 Å². The molecule has 0 radical (unpaired) electrons. The van der Waals surface area contributed by atoms with Crippen molar-refractivity contribution in [3.8, 4) is 18.1 Å². The maximum Gasteiger partial charge on any atom is 0.270 e. The Bertz CT molecular complexity index is 489. The molecular formula is C13H14N2O3. The van der Waals surface area contributed by atoms with Crippen molar-refractivity contribution in [3.05, 3.63) is 33.9 Å². The smallest absolute Gasteiger partial charge is 0.270 e. The van der Waals surface area contributed by atoms with E-state index in [9.17, 15) is 10.1 Å². The van der Waals surface area contributed by atoms with Gasteiger partial charge in [0.15, 0.2) is 0 Å². The molecule has 2 rings (SSSR count). The fraction of sp³-hybridized carbons (Fsp3) is 0.385. The van der Waals surface area contributed by atoms with Crippen molar-refractivity contribution < 1.29 is 9.66 Å². The van der Waals surface area contributed by atoms with Gasteiger partial charge in [0.2, 0.25) is 0 Å². The van der Waals surface area contributed by atoms with E-state index in [1.54, 1.807) is 6.07 Å². The van der Waals surface area contributed by atoms with Crippen LogP contribution in [0.3, 0.4) is 0 Å². The Morgan fingerprint density at radius 2 is 2.33 bits per heavy atom. The Morgan fingerprint density at radius 3 is 2.94 bits per heavy atom. The Hall–Kier alpha value is -2.06. The number of hydrogen-bond acceptors (Lipinski definition) is 4. The van der Waals surface area contributed by atoms with Crippen LogP contribution < -0.4 is 10.1 Å². The fourth-order valence-electron chi connectivity index (χ4n) is 1.62. The highest BCUT2D eigenvalue weighted by Gasteiger charge is 2.21. The molecule has 0 heterocycles. The molecule has 1 fully saturated rings. The van der Waals surface area contributed by atoms with Crippen molar-refractivity contribution in [2.75, 3.05) is 6.61 Å². The normalized spacial score (nSPS) is 13.9. The van der Waals surface area contributed by atoms with Crippen LogP contribution in [0.4, 0.5) is 5.69 Å². The number of benzene rings is 1. The molecule has 1 N–H and O–H groups in total. The van der Waals surface area contributed by atoms with E-state index in [0.717, 1.165) is 18.4 Å². The molecule has 0 amide bonds. The average molecular weight is 246 g/mol. The lowest BCUT2D eigenvalue weighted by Crippen LogP contribution is -2.16. The van der Waals surface area contributed by atoms with Crippen LogP contribution in [-0.2, 0) is 6.54 Å². The van der Waals surface area contributed by atoms with Crippen LogP contribution in [0.25, 0.3) is 0 Å². The Kier molecular flexibility index (Phi) is 3.80. The van der Waals surface area contributed by atoms with Gasteiger partial charge in [0.25, 0.3) is 5.69 Å². The Balaban J connectivity index is 2.14. The van der Waals surface area contributed by atoms with Crippen LogP contribution in [-0.4, -0.2) is 17.6 Å². The number of nitro groups is 1. The number of non-ortho nitro benzene ring substituents is 1. The maximum atomic E-state index is 10.7. The largest absolute Gasteiger partial charge is 0.481 e. The van der Waals surface area contributed by atoms with E-state index in [2.05, 4.69) is 11.2 Å². The minimum atomic E-state index is -0.411. The molecule has 0 spiro atoms. The minimum absolute atomic E-state index is 0.0654. The van der Waals surface area contributed by atoms with E-state index in [1.165, 1.54) is 12.1 Å². The minimum Gasteiger partial charge on any atom is -0.481 e. The molecule has 1 aliphatic carbocycles. The first-order chi connectivity index (χ1) is 8.70. The van der Waals surface area contributed by atoms with Gasteiger partial charge < -0.3 is 10.1 Å². The standard InChI is InChI=1S/C13H14N2O3/c1-2-7-18-13-6-5-12(15(16)17)8-10(13)9-14-11-3-4-11/h1,5-6,8,11,14H,3-4,7,9H2. The summed E-state index contributed by atoms with van der Waals surface area (Å²) in [5.41, 5.74) is 0.835. The third-order valence-electron chi connectivity index (χ3n) is 2.72. The quantitative estimate of drug-likeness (QED) is 0.472. The number of ether oxygens (including phenoxy) is 1. The predicted molar refractivity (Wildman–Crippen MR) is 67.3 cm³/mol. The second-order valence-corrected chi connectivity index (χ2v) is 4.20. The van der Waals surface area contributed by atoms with Gasteiger partial charge in [0, 0.05) is 30.3 Å². The molecule has 0 unspecified atom stereocenters. The highest BCUT2D eigenvalue weighted by Crippen LogP contribution is 2.26. The molecule has 0 bridgehead atoms. The molecule has 5 heteroatoms. The number of nitrogens with one attached hydrogen (secondary N) is 1. The summed E-state index contributed by atoms with van der Waals surface area (Å²) in [6.07, 6.45) is 7.46. The molecular weight excluding hydrogens is 232 g/mol. The highest BCUT2D eigenvalue weighted by molar-refractivity contribution is 5.44. The number of terminal acetylenes is 1. The van der Waals surface area contributed by atoms with Crippen molar-refractivity contribution in [1.29, 1.82) is 0 Å². The highest BCUT2D eigenvalue weighted by atomic mass is 16.6. The van der Waals surface area contributed by atoms with E-state index in [0.29, 0.717) is 18.3 Å². The van der Waals surface area contributed by atoms with Gasteiger partial charge in [-0.3, -0.25) is 10.1 Å². The number of rotatable bonds is 6. The first-order valence-corrected chi connectivity index (χ1v) is 5.77. The summed E-state index contributed by atoms with van der Waals surface area (Å²) in [7, 11) is 0. The second-order valence-electron chi connectivity index (χ2n) is 4.20. The van der Waals surface area contributed by atoms with Gasteiger partial charge >= 0.3 is 0 Å². The molecule has 1 aromatic rings. The molecule has 5 nitrogen and oxygen atoms in total. The predicted octanol–water partition coefficient (Wildman–Crippen LogP) is 1.86. The second kappa shape index (κ2) is 5.52. The Morgan fingerprint density at radius 1 is 1.56 bits per heavy atom. The summed E-state index contributed by atoms with van der Waals surface area (Å²) >= 11 is 0. The zero-order chi connectivity index (χ0) is 13.0. The van der Waals surface area contributed by atoms with E-state index in [4.69, 9.17) is 11.2 Å². The molecule has 1 aliphatic rings. The molecule has 0 atom stereocenters. The van der Waals surface area contributed by atoms with E-state index >= 15 is 0 Å². The van der Waals surface area contributed by atoms with E-state index in [-0.39, 0.29) is 12.3 Å². The van der Waals surface area contributed by atoms with Crippen molar-refractivity contribution in [1.82, 2.24) is 5.32 Å². The topological polar surface area (TPSA) is 64.4 Å². The fourth-order valence-corrected chi connectivity index (χ4v) is 1.62. The molecule has 1 aromatic carbocycles. The van der Waals surface area contributed by atoms with Crippen LogP contribution in [0, 0.1) is 22.5 Å². The van der Waals surface area contributed by atoms with Crippen LogP contribution in [0.5, 0.6) is 5.75 Å². The van der Waals surface area contributed by atoms with Crippen molar-refractivity contribution in [3.63, 3.8) is 0 Å². The summed E-state index contributed by atoms with van der Waals surface area (Å²) in [4.78, 5) is 10.3. The lowest BCUT2D eigenvalue weighted by Gasteiger charge is -2.10. The van der Waals surface area contributed by atoms with Crippen molar-refractivity contribution in [2.24, 2.45) is 0 Å². The number of nitro benzene ring substituents is 1. The van der Waals surface area contributed by atoms with Crippen LogP contribution in [0.15, 0.2) is 18.2 Å². The summed E-state index contributed by atoms with van der Waals surface area (Å²) in [5, 5.41) is 14.0. The van der Waals surface area contributed by atoms with Crippen molar-refractivity contribution >= 4 is 5.69 Å². The molecule has 18 heavy (non-hydrogen) atoms. The lowest BCUT2D eigenvalue weighted by molar-refractivity contribution is -0.384. The monoisotopic (exact) mass is 246 g/mol. The SMILES string of the molecule is C#CCOc1ccc([N+](=O)[O-])cc1CNC1CC1. The molecule has 94 valence electrons. The van der Waals surface area contributed by atoms with Gasteiger partial charge in [-0.05, 0) is 18.9 Å². The van der Waals surface area contributed by atoms with Crippen LogP contribution >= 0.6 is 0 Å². The van der Waals surface area contributed by atoms with Gasteiger partial charge in [-0.1, -0.05) is 5.92 Å². The number of nitrogens with zero attached hydrogens (tertiary/aromatic N) is 1. The van der Waals surface area contributed by atoms with Crippen LogP contribution in [0.1, 0.15) is 18.4 Å². The third-order valence-corrected chi connectivity index (χ3v) is 2.72. The summed E-state index contributed by atoms with van der Waals surface area (Å²) in [5.74, 6) is 2.98. The van der Waals surface area contributed by atoms with Crippen LogP contribution in [0.2, 0.25) is 0 Å². The summed E-state index contributed by atoms with van der Waals surface area (Å²) in [6, 6.07) is 5.08. The van der Waals surface area contributed by atoms with Gasteiger partial charge in [-0.15, -0.1) is 6.42 Å². The Labute approximate surface area is 105 Å². The molecule has 0 aromatic heterocycles. The van der Waals surface area contributed by atoms with Gasteiger partial charge in [-0.2, -0.15) is 0 Å². The van der Waals surface area contributed by atoms with Crippen molar-refractivity contribution in [2.45, 2.75) is 25.4 Å². The molecule has 0 aliphatic heterocycles. The molecule has 1 saturated carbocycles. The van der Waals surface area contributed by atoms with E-state index in [1.807, 2.05) is 0 Å². The molecule has 0 saturated heterocycles. The zero-order valence-corrected chi connectivity index (χ0v) is 9.89. The zero-order valence-electron chi connectivity index (χ0n) is 9.89. The first-order valence-electron chi connectivity index (χ1n) is 5.77. The van der Waals surface area contributed by atoms with E-state index < -0.39 is 4.92 Å². The summed E-state index contributed by atoms with van der Waals surface area (Å²) < 4.78 is 5.38. The first kappa shape index (κ1) is 12.4.